The van der Waals surface area contributed by atoms with Gasteiger partial charge in [-0.1, -0.05) is 41.9 Å². The smallest absolute Gasteiger partial charge is 0.345 e. The predicted octanol–water partition coefficient (Wildman–Crippen LogP) is 8.81. The predicted molar refractivity (Wildman–Crippen MR) is 294 cm³/mol. The molecule has 79 heavy (non-hydrogen) atoms. The molecule has 3 aromatic heterocycles. The monoisotopic (exact) mass is 1120 g/mol. The third-order valence-corrected chi connectivity index (χ3v) is 16.0. The molecule has 0 spiro atoms. The third kappa shape index (κ3) is 12.6. The van der Waals surface area contributed by atoms with E-state index in [1.165, 1.54) is 29.8 Å². The van der Waals surface area contributed by atoms with Crippen molar-refractivity contribution in [2.75, 3.05) is 81.4 Å². The van der Waals surface area contributed by atoms with E-state index in [1.807, 2.05) is 43.3 Å². The fraction of sp³-hybridized carbons (Fsp3) is 0.397. The minimum atomic E-state index is -1.47. The Morgan fingerprint density at radius 1 is 0.861 bits per heavy atom. The molecular formula is C58H62ClFN6O12S. The van der Waals surface area contributed by atoms with Crippen LogP contribution in [0.1, 0.15) is 23.2 Å². The third-order valence-electron chi connectivity index (χ3n) is 14.4. The van der Waals surface area contributed by atoms with Gasteiger partial charge >= 0.3 is 5.97 Å². The van der Waals surface area contributed by atoms with Gasteiger partial charge < -0.3 is 57.4 Å². The molecule has 2 fully saturated rings. The van der Waals surface area contributed by atoms with E-state index < -0.39 is 48.9 Å². The molecule has 18 nitrogen and oxygen atoms in total. The average molecular weight is 1120 g/mol. The summed E-state index contributed by atoms with van der Waals surface area (Å²) in [6.45, 7) is 6.42. The van der Waals surface area contributed by atoms with Crippen LogP contribution in [-0.4, -0.2) is 165 Å². The van der Waals surface area contributed by atoms with Crippen molar-refractivity contribution in [1.29, 1.82) is 0 Å². The lowest BCUT2D eigenvalue weighted by atomic mass is 9.96. The van der Waals surface area contributed by atoms with Crippen molar-refractivity contribution in [2.24, 2.45) is 0 Å². The second-order valence-corrected chi connectivity index (χ2v) is 20.9. The van der Waals surface area contributed by atoms with Gasteiger partial charge in [0, 0.05) is 102 Å². The highest BCUT2D eigenvalue weighted by Crippen LogP contribution is 2.50. The molecule has 11 rings (SSSR count). The van der Waals surface area contributed by atoms with Crippen molar-refractivity contribution >= 4 is 39.1 Å². The molecular weight excluding hydrogens is 1060 g/mol. The first-order valence-electron chi connectivity index (χ1n) is 25.9. The zero-order valence-electron chi connectivity index (χ0n) is 44.6. The standard InChI is InChI=1S/C58H62ClFN6O12S/c1-33-42-15-17-44(49(33)59)76-41(29-66-23-21-65(2)22-24-66)31-74-40-14-16-43(36(27-40)28-46(57(67)68)77-55-48-47(42)53(79-56(48)63-32-62-55)34-10-12-37(60)13-11-34)75-30-38-18-20-61-54(64-38)35-8-7-9-39(26-35)73-25-19-45-50(69-3)51(70-4)52(71-5)58(72-6)78-45/h7-18,20,26-27,32,41,45-46,50-52,58H,19,21-25,28-31H2,1-6H3,(H,67,68)/t41?,45-,46-,50-,51+,52+,58+/m1/s1. The first-order chi connectivity index (χ1) is 38.4. The number of carboxylic acids is 1. The lowest BCUT2D eigenvalue weighted by Crippen LogP contribution is -2.60. The summed E-state index contributed by atoms with van der Waals surface area (Å²) in [7, 11) is 8.47. The van der Waals surface area contributed by atoms with Gasteiger partial charge in [0.05, 0.1) is 28.8 Å². The lowest BCUT2D eigenvalue weighted by molar-refractivity contribution is -0.303. The molecule has 0 aliphatic carbocycles. The average Bonchev–Trinajstić information content (AvgIpc) is 4.13. The van der Waals surface area contributed by atoms with Crippen LogP contribution in [0, 0.1) is 12.7 Å². The van der Waals surface area contributed by atoms with Crippen molar-refractivity contribution < 1.29 is 61.7 Å². The highest BCUT2D eigenvalue weighted by molar-refractivity contribution is 7.22. The number of piperazine rings is 1. The SMILES string of the molecule is CO[C@H]1O[C@H](CCOc2cccc(-c3nccc(COc4ccc5cc4C[C@H](C(=O)O)Oc4ncnc6sc(-c7ccc(F)cc7)c(c46)-c4ccc(c(Cl)c4C)OC(CN4CCN(C)CC4)CO5)n3)c2)[C@@H](OC)[C@H](OC)[C@@H]1OC. The van der Waals surface area contributed by atoms with Crippen molar-refractivity contribution in [3.8, 4) is 61.8 Å². The summed E-state index contributed by atoms with van der Waals surface area (Å²) < 4.78 is 75.9. The first-order valence-corrected chi connectivity index (χ1v) is 27.1. The molecule has 0 amide bonds. The molecule has 1 N–H and O–H groups in total. The summed E-state index contributed by atoms with van der Waals surface area (Å²) in [5.74, 6) is 0.771. The number of likely N-dealkylation sites (N-methyl/N-ethyl adjacent to an activating group) is 1. The number of aliphatic carboxylic acids is 1. The van der Waals surface area contributed by atoms with Crippen molar-refractivity contribution in [2.45, 2.75) is 69.3 Å². The Kier molecular flexibility index (Phi) is 17.8. The largest absolute Gasteiger partial charge is 0.493 e. The highest BCUT2D eigenvalue weighted by atomic mass is 35.5. The van der Waals surface area contributed by atoms with Gasteiger partial charge in [-0.05, 0) is 85.3 Å². The summed E-state index contributed by atoms with van der Waals surface area (Å²) in [5.41, 5.74) is 4.54. The van der Waals surface area contributed by atoms with Gasteiger partial charge in [-0.25, -0.2) is 29.1 Å². The van der Waals surface area contributed by atoms with E-state index in [2.05, 4.69) is 31.8 Å². The van der Waals surface area contributed by atoms with Gasteiger partial charge in [0.15, 0.2) is 12.1 Å². The van der Waals surface area contributed by atoms with Crippen LogP contribution in [0.2, 0.25) is 5.02 Å². The maximum absolute atomic E-state index is 14.4. The summed E-state index contributed by atoms with van der Waals surface area (Å²) >= 11 is 8.63. The van der Waals surface area contributed by atoms with Crippen LogP contribution in [-0.2, 0) is 41.5 Å². The van der Waals surface area contributed by atoms with E-state index in [0.717, 1.165) is 31.1 Å². The molecule has 7 atom stereocenters. The van der Waals surface area contributed by atoms with E-state index in [-0.39, 0.29) is 31.3 Å². The Morgan fingerprint density at radius 3 is 2.42 bits per heavy atom. The van der Waals surface area contributed by atoms with Crippen LogP contribution in [0.5, 0.6) is 28.9 Å². The summed E-state index contributed by atoms with van der Waals surface area (Å²) in [4.78, 5) is 37.9. The van der Waals surface area contributed by atoms with E-state index in [4.69, 9.17) is 64.0 Å². The van der Waals surface area contributed by atoms with Crippen LogP contribution < -0.4 is 23.7 Å². The Bertz CT molecular complexity index is 3240. The van der Waals surface area contributed by atoms with Gasteiger partial charge in [0.2, 0.25) is 12.0 Å². The number of rotatable bonds is 16. The maximum atomic E-state index is 14.4. The van der Waals surface area contributed by atoms with E-state index in [0.29, 0.717) is 103 Å². The van der Waals surface area contributed by atoms with Gasteiger partial charge in [0.25, 0.3) is 0 Å². The second-order valence-electron chi connectivity index (χ2n) is 19.5. The Hall–Kier alpha value is -6.59. The number of hydrogen-bond acceptors (Lipinski definition) is 18. The fourth-order valence-corrected chi connectivity index (χ4v) is 11.6. The normalized spacial score (nSPS) is 21.9. The maximum Gasteiger partial charge on any atom is 0.345 e. The molecule has 416 valence electrons. The lowest BCUT2D eigenvalue weighted by Gasteiger charge is -2.44. The molecule has 4 aromatic carbocycles. The number of benzene rings is 4. The van der Waals surface area contributed by atoms with Crippen molar-refractivity contribution in [1.82, 2.24) is 29.7 Å². The molecule has 4 aliphatic heterocycles. The van der Waals surface area contributed by atoms with Gasteiger partial charge in [0.1, 0.15) is 77.6 Å². The Balaban J connectivity index is 0.934. The van der Waals surface area contributed by atoms with E-state index in [9.17, 15) is 14.3 Å². The number of thiophene rings is 1. The first kappa shape index (κ1) is 55.7. The van der Waals surface area contributed by atoms with Crippen molar-refractivity contribution in [3.05, 3.63) is 125 Å². The number of fused-ring (bicyclic) bond motifs is 7. The van der Waals surface area contributed by atoms with Crippen molar-refractivity contribution in [3.63, 3.8) is 0 Å². The molecule has 7 heterocycles. The zero-order valence-corrected chi connectivity index (χ0v) is 46.2. The molecule has 21 heteroatoms. The quantitative estimate of drug-likeness (QED) is 0.0966. The molecule has 1 unspecified atom stereocenters. The summed E-state index contributed by atoms with van der Waals surface area (Å²) in [6.07, 6.45) is -0.989. The number of hydrogen-bond donors (Lipinski definition) is 1. The number of carbonyl (C=O) groups is 1. The summed E-state index contributed by atoms with van der Waals surface area (Å²) in [5, 5.41) is 11.8. The molecule has 4 aliphatic rings. The number of aromatic nitrogens is 4. The van der Waals surface area contributed by atoms with Gasteiger partial charge in [-0.15, -0.1) is 11.3 Å². The zero-order chi connectivity index (χ0) is 55.2. The second kappa shape index (κ2) is 25.2. The molecule has 0 radical (unpaired) electrons. The van der Waals surface area contributed by atoms with Crippen LogP contribution in [0.4, 0.5) is 4.39 Å². The van der Waals surface area contributed by atoms with Crippen LogP contribution >= 0.6 is 22.9 Å². The molecule has 4 bridgehead atoms. The van der Waals surface area contributed by atoms with Gasteiger partial charge in [-0.2, -0.15) is 0 Å². The molecule has 0 saturated carbocycles. The number of ether oxygens (including phenoxy) is 10. The summed E-state index contributed by atoms with van der Waals surface area (Å²) in [6, 6.07) is 24.4. The molecule has 2 saturated heterocycles. The Morgan fingerprint density at radius 2 is 1.66 bits per heavy atom. The minimum absolute atomic E-state index is 0.00363. The number of methoxy groups -OCH3 is 4. The fourth-order valence-electron chi connectivity index (χ4n) is 10.2. The highest BCUT2D eigenvalue weighted by Gasteiger charge is 2.47. The minimum Gasteiger partial charge on any atom is -0.493 e. The topological polar surface area (TPSA) is 188 Å². The number of halogens is 2. The van der Waals surface area contributed by atoms with Crippen LogP contribution in [0.25, 0.3) is 43.2 Å². The Labute approximate surface area is 466 Å². The van der Waals surface area contributed by atoms with Gasteiger partial charge in [-0.3, -0.25) is 4.90 Å². The number of carboxylic acid groups (broad SMARTS) is 1. The van der Waals surface area contributed by atoms with E-state index >= 15 is 0 Å². The van der Waals surface area contributed by atoms with E-state index in [1.54, 1.807) is 71.0 Å². The molecule has 7 aromatic rings. The number of nitrogens with zero attached hydrogens (tertiary/aromatic N) is 6. The van der Waals surface area contributed by atoms with Crippen LogP contribution in [0.3, 0.4) is 0 Å². The van der Waals surface area contributed by atoms with Crippen LogP contribution in [0.15, 0.2) is 97.5 Å².